The molecule has 0 bridgehead atoms. The summed E-state index contributed by atoms with van der Waals surface area (Å²) in [4.78, 5) is 4.09. The summed E-state index contributed by atoms with van der Waals surface area (Å²) in [5.74, 6) is 3.64. The Morgan fingerprint density at radius 2 is 2.22 bits per heavy atom. The third-order valence-corrected chi connectivity index (χ3v) is 3.51. The van der Waals surface area contributed by atoms with Crippen LogP contribution in [0.25, 0.3) is 0 Å². The van der Waals surface area contributed by atoms with E-state index >= 15 is 0 Å². The van der Waals surface area contributed by atoms with E-state index in [0.717, 1.165) is 30.5 Å². The fourth-order valence-corrected chi connectivity index (χ4v) is 2.24. The van der Waals surface area contributed by atoms with E-state index in [-0.39, 0.29) is 0 Å². The van der Waals surface area contributed by atoms with Crippen LogP contribution in [0.15, 0.2) is 41.1 Å². The lowest BCUT2D eigenvalue weighted by Crippen LogP contribution is -2.12. The molecular weight excluding hydrogens is 224 g/mol. The average Bonchev–Trinajstić information content (AvgIpc) is 2.94. The normalized spacial score (nSPS) is 22.1. The lowest BCUT2D eigenvalue weighted by molar-refractivity contribution is 0.444. The second-order valence-electron chi connectivity index (χ2n) is 5.09. The molecule has 0 spiro atoms. The zero-order chi connectivity index (χ0) is 12.4. The van der Waals surface area contributed by atoms with Crippen molar-refractivity contribution in [2.45, 2.75) is 32.4 Å². The van der Waals surface area contributed by atoms with Crippen LogP contribution in [-0.4, -0.2) is 4.98 Å². The van der Waals surface area contributed by atoms with Crippen molar-refractivity contribution in [2.24, 2.45) is 5.92 Å². The van der Waals surface area contributed by atoms with E-state index in [0.29, 0.717) is 5.92 Å². The van der Waals surface area contributed by atoms with Crippen LogP contribution in [0.2, 0.25) is 0 Å². The van der Waals surface area contributed by atoms with Crippen molar-refractivity contribution in [1.82, 2.24) is 10.3 Å². The number of nitrogens with zero attached hydrogens (tertiary/aromatic N) is 1. The molecule has 3 nitrogen and oxygen atoms in total. The van der Waals surface area contributed by atoms with Crippen LogP contribution in [0.3, 0.4) is 0 Å². The van der Waals surface area contributed by atoms with Crippen molar-refractivity contribution in [3.05, 3.63) is 53.7 Å². The van der Waals surface area contributed by atoms with Crippen LogP contribution in [0.4, 0.5) is 0 Å². The zero-order valence-electron chi connectivity index (χ0n) is 10.6. The predicted octanol–water partition coefficient (Wildman–Crippen LogP) is 3.09. The monoisotopic (exact) mass is 242 g/mol. The average molecular weight is 242 g/mol. The SMILES string of the molecule is CC1CC1c1ccc(CNCc2cccnc2)o1. The highest BCUT2D eigenvalue weighted by Gasteiger charge is 2.36. The summed E-state index contributed by atoms with van der Waals surface area (Å²) in [6, 6.07) is 8.22. The van der Waals surface area contributed by atoms with E-state index in [2.05, 4.69) is 35.4 Å². The Labute approximate surface area is 107 Å². The molecule has 0 aromatic carbocycles. The van der Waals surface area contributed by atoms with Gasteiger partial charge in [0.15, 0.2) is 0 Å². The Morgan fingerprint density at radius 3 is 2.94 bits per heavy atom. The molecule has 3 heteroatoms. The maximum absolute atomic E-state index is 5.84. The number of hydrogen-bond acceptors (Lipinski definition) is 3. The van der Waals surface area contributed by atoms with Crippen molar-refractivity contribution in [1.29, 1.82) is 0 Å². The van der Waals surface area contributed by atoms with Gasteiger partial charge in [0.1, 0.15) is 11.5 Å². The van der Waals surface area contributed by atoms with Gasteiger partial charge in [-0.25, -0.2) is 0 Å². The highest BCUT2D eigenvalue weighted by molar-refractivity contribution is 5.17. The van der Waals surface area contributed by atoms with Gasteiger partial charge in [-0.1, -0.05) is 13.0 Å². The molecular formula is C15H18N2O. The molecule has 2 aromatic rings. The number of pyridine rings is 1. The Morgan fingerprint density at radius 1 is 1.33 bits per heavy atom. The summed E-state index contributed by atoms with van der Waals surface area (Å²) >= 11 is 0. The highest BCUT2D eigenvalue weighted by atomic mass is 16.3. The molecule has 1 aliphatic rings. The van der Waals surface area contributed by atoms with Crippen LogP contribution < -0.4 is 5.32 Å². The molecule has 1 saturated carbocycles. The van der Waals surface area contributed by atoms with E-state index in [1.54, 1.807) is 6.20 Å². The first-order valence-corrected chi connectivity index (χ1v) is 6.51. The molecule has 0 saturated heterocycles. The van der Waals surface area contributed by atoms with E-state index in [9.17, 15) is 0 Å². The molecule has 0 amide bonds. The topological polar surface area (TPSA) is 38.1 Å². The highest BCUT2D eigenvalue weighted by Crippen LogP contribution is 2.47. The Kier molecular flexibility index (Phi) is 3.15. The molecule has 1 fully saturated rings. The van der Waals surface area contributed by atoms with Crippen LogP contribution in [-0.2, 0) is 13.1 Å². The van der Waals surface area contributed by atoms with Gasteiger partial charge < -0.3 is 9.73 Å². The lowest BCUT2D eigenvalue weighted by Gasteiger charge is -2.02. The predicted molar refractivity (Wildman–Crippen MR) is 70.0 cm³/mol. The fourth-order valence-electron chi connectivity index (χ4n) is 2.24. The van der Waals surface area contributed by atoms with Crippen molar-refractivity contribution in [3.63, 3.8) is 0 Å². The first-order chi connectivity index (χ1) is 8.83. The van der Waals surface area contributed by atoms with Gasteiger partial charge in [0, 0.05) is 24.9 Å². The van der Waals surface area contributed by atoms with Crippen molar-refractivity contribution < 1.29 is 4.42 Å². The zero-order valence-corrected chi connectivity index (χ0v) is 10.6. The number of furan rings is 1. The quantitative estimate of drug-likeness (QED) is 0.875. The minimum atomic E-state index is 0.664. The Hall–Kier alpha value is -1.61. The van der Waals surface area contributed by atoms with E-state index in [4.69, 9.17) is 4.42 Å². The van der Waals surface area contributed by atoms with Crippen LogP contribution >= 0.6 is 0 Å². The molecule has 2 heterocycles. The van der Waals surface area contributed by atoms with Crippen LogP contribution in [0, 0.1) is 5.92 Å². The lowest BCUT2D eigenvalue weighted by atomic mass is 10.3. The smallest absolute Gasteiger partial charge is 0.117 e. The molecule has 3 rings (SSSR count). The van der Waals surface area contributed by atoms with E-state index < -0.39 is 0 Å². The van der Waals surface area contributed by atoms with E-state index in [1.807, 2.05) is 12.3 Å². The Balaban J connectivity index is 1.50. The number of nitrogens with one attached hydrogen (secondary N) is 1. The van der Waals surface area contributed by atoms with Gasteiger partial charge >= 0.3 is 0 Å². The molecule has 2 unspecified atom stereocenters. The number of hydrogen-bond donors (Lipinski definition) is 1. The second kappa shape index (κ2) is 4.94. The maximum atomic E-state index is 5.84. The molecule has 2 aromatic heterocycles. The van der Waals surface area contributed by atoms with Gasteiger partial charge in [0.05, 0.1) is 6.54 Å². The molecule has 18 heavy (non-hydrogen) atoms. The van der Waals surface area contributed by atoms with Gasteiger partial charge in [0.25, 0.3) is 0 Å². The summed E-state index contributed by atoms with van der Waals surface area (Å²) in [5, 5.41) is 3.37. The van der Waals surface area contributed by atoms with Crippen LogP contribution in [0.1, 0.15) is 36.3 Å². The molecule has 1 aliphatic carbocycles. The van der Waals surface area contributed by atoms with Crippen molar-refractivity contribution in [2.75, 3.05) is 0 Å². The third kappa shape index (κ3) is 2.62. The van der Waals surface area contributed by atoms with Crippen molar-refractivity contribution >= 4 is 0 Å². The second-order valence-corrected chi connectivity index (χ2v) is 5.09. The fraction of sp³-hybridized carbons (Fsp3) is 0.400. The van der Waals surface area contributed by atoms with Gasteiger partial charge in [0.2, 0.25) is 0 Å². The first kappa shape index (κ1) is 11.5. The summed E-state index contributed by atoms with van der Waals surface area (Å²) < 4.78 is 5.84. The minimum Gasteiger partial charge on any atom is -0.464 e. The standard InChI is InChI=1S/C15H18N2O/c1-11-7-14(11)15-5-4-13(18-15)10-17-9-12-3-2-6-16-8-12/h2-6,8,11,14,17H,7,9-10H2,1H3. The van der Waals surface area contributed by atoms with Gasteiger partial charge in [-0.3, -0.25) is 4.98 Å². The summed E-state index contributed by atoms with van der Waals surface area (Å²) in [6.07, 6.45) is 4.95. The Bertz CT molecular complexity index is 506. The minimum absolute atomic E-state index is 0.664. The van der Waals surface area contributed by atoms with Gasteiger partial charge in [-0.05, 0) is 36.1 Å². The summed E-state index contributed by atoms with van der Waals surface area (Å²) in [7, 11) is 0. The van der Waals surface area contributed by atoms with Crippen molar-refractivity contribution in [3.8, 4) is 0 Å². The largest absolute Gasteiger partial charge is 0.464 e. The van der Waals surface area contributed by atoms with Crippen LogP contribution in [0.5, 0.6) is 0 Å². The maximum Gasteiger partial charge on any atom is 0.117 e. The molecule has 0 aliphatic heterocycles. The van der Waals surface area contributed by atoms with Gasteiger partial charge in [-0.2, -0.15) is 0 Å². The molecule has 0 radical (unpaired) electrons. The number of aromatic nitrogens is 1. The van der Waals surface area contributed by atoms with E-state index in [1.165, 1.54) is 12.0 Å². The van der Waals surface area contributed by atoms with Gasteiger partial charge in [-0.15, -0.1) is 0 Å². The third-order valence-electron chi connectivity index (χ3n) is 3.51. The summed E-state index contributed by atoms with van der Waals surface area (Å²) in [5.41, 5.74) is 1.19. The first-order valence-electron chi connectivity index (χ1n) is 6.51. The number of rotatable bonds is 5. The molecule has 1 N–H and O–H groups in total. The summed E-state index contributed by atoms with van der Waals surface area (Å²) in [6.45, 7) is 3.87. The molecule has 94 valence electrons. The molecule has 2 atom stereocenters.